The first-order valence-corrected chi connectivity index (χ1v) is 7.21. The highest BCUT2D eigenvalue weighted by atomic mass is 15.1. The average Bonchev–Trinajstić information content (AvgIpc) is 3.14. The van der Waals surface area contributed by atoms with E-state index in [4.69, 9.17) is 0 Å². The second-order valence-corrected chi connectivity index (χ2v) is 5.85. The van der Waals surface area contributed by atoms with E-state index in [9.17, 15) is 0 Å². The van der Waals surface area contributed by atoms with Crippen molar-refractivity contribution in [3.63, 3.8) is 0 Å². The largest absolute Gasteiger partial charge is 0.313 e. The van der Waals surface area contributed by atoms with E-state index >= 15 is 0 Å². The fraction of sp³-hybridized carbons (Fsp3) is 1.00. The molecule has 2 nitrogen and oxygen atoms in total. The van der Waals surface area contributed by atoms with Crippen LogP contribution in [-0.4, -0.2) is 37.1 Å². The molecular formula is C14H28N2. The summed E-state index contributed by atoms with van der Waals surface area (Å²) in [6.45, 7) is 4.74. The predicted molar refractivity (Wildman–Crippen MR) is 69.7 cm³/mol. The van der Waals surface area contributed by atoms with Crippen LogP contribution in [0.1, 0.15) is 51.9 Å². The SMILES string of the molecule is CC(NCCN(C)C1CCCCC1)C1CC1. The van der Waals surface area contributed by atoms with E-state index in [1.165, 1.54) is 58.0 Å². The van der Waals surface area contributed by atoms with Crippen LogP contribution >= 0.6 is 0 Å². The summed E-state index contributed by atoms with van der Waals surface area (Å²) in [4.78, 5) is 2.58. The van der Waals surface area contributed by atoms with Crippen LogP contribution in [0.5, 0.6) is 0 Å². The van der Waals surface area contributed by atoms with Gasteiger partial charge in [0.2, 0.25) is 0 Å². The maximum Gasteiger partial charge on any atom is 0.0107 e. The fourth-order valence-corrected chi connectivity index (χ4v) is 2.94. The minimum Gasteiger partial charge on any atom is -0.313 e. The lowest BCUT2D eigenvalue weighted by atomic mass is 9.94. The molecule has 2 fully saturated rings. The molecule has 0 saturated heterocycles. The zero-order chi connectivity index (χ0) is 11.4. The first-order chi connectivity index (χ1) is 7.77. The molecule has 0 aliphatic heterocycles. The van der Waals surface area contributed by atoms with Crippen LogP contribution in [0.3, 0.4) is 0 Å². The van der Waals surface area contributed by atoms with Crippen LogP contribution in [0, 0.1) is 5.92 Å². The van der Waals surface area contributed by atoms with Gasteiger partial charge in [0.05, 0.1) is 0 Å². The Labute approximate surface area is 101 Å². The molecule has 2 aliphatic rings. The second kappa shape index (κ2) is 6.02. The molecule has 16 heavy (non-hydrogen) atoms. The molecule has 0 amide bonds. The fourth-order valence-electron chi connectivity index (χ4n) is 2.94. The Morgan fingerprint density at radius 2 is 1.81 bits per heavy atom. The van der Waals surface area contributed by atoms with Crippen molar-refractivity contribution in [2.24, 2.45) is 5.92 Å². The summed E-state index contributed by atoms with van der Waals surface area (Å²) in [5.41, 5.74) is 0. The quantitative estimate of drug-likeness (QED) is 0.746. The topological polar surface area (TPSA) is 15.3 Å². The van der Waals surface area contributed by atoms with E-state index in [1.54, 1.807) is 0 Å². The van der Waals surface area contributed by atoms with Crippen LogP contribution in [0.2, 0.25) is 0 Å². The van der Waals surface area contributed by atoms with Crippen molar-refractivity contribution in [2.45, 2.75) is 64.0 Å². The number of hydrogen-bond acceptors (Lipinski definition) is 2. The first kappa shape index (κ1) is 12.4. The minimum atomic E-state index is 0.750. The third-order valence-corrected chi connectivity index (χ3v) is 4.46. The number of hydrogen-bond donors (Lipinski definition) is 1. The highest BCUT2D eigenvalue weighted by Crippen LogP contribution is 2.32. The maximum atomic E-state index is 3.67. The summed E-state index contributed by atoms with van der Waals surface area (Å²) in [5.74, 6) is 0.986. The van der Waals surface area contributed by atoms with Crippen LogP contribution in [0.4, 0.5) is 0 Å². The second-order valence-electron chi connectivity index (χ2n) is 5.85. The number of nitrogens with one attached hydrogen (secondary N) is 1. The normalized spacial score (nSPS) is 24.9. The van der Waals surface area contributed by atoms with Gasteiger partial charge in [0, 0.05) is 25.2 Å². The molecule has 1 atom stereocenters. The van der Waals surface area contributed by atoms with Gasteiger partial charge in [-0.1, -0.05) is 19.3 Å². The Balaban J connectivity index is 1.57. The first-order valence-electron chi connectivity index (χ1n) is 7.21. The van der Waals surface area contributed by atoms with Crippen molar-refractivity contribution in [1.82, 2.24) is 10.2 Å². The number of rotatable bonds is 6. The van der Waals surface area contributed by atoms with Gasteiger partial charge < -0.3 is 10.2 Å². The van der Waals surface area contributed by atoms with Crippen molar-refractivity contribution in [3.05, 3.63) is 0 Å². The van der Waals surface area contributed by atoms with Gasteiger partial charge in [-0.25, -0.2) is 0 Å². The van der Waals surface area contributed by atoms with Crippen molar-refractivity contribution >= 4 is 0 Å². The minimum absolute atomic E-state index is 0.750. The molecule has 1 N–H and O–H groups in total. The Morgan fingerprint density at radius 1 is 1.12 bits per heavy atom. The molecule has 0 radical (unpaired) electrons. The van der Waals surface area contributed by atoms with Crippen molar-refractivity contribution in [2.75, 3.05) is 20.1 Å². The van der Waals surface area contributed by atoms with Crippen molar-refractivity contribution in [3.8, 4) is 0 Å². The van der Waals surface area contributed by atoms with Gasteiger partial charge in [-0.2, -0.15) is 0 Å². The molecule has 2 saturated carbocycles. The molecule has 0 bridgehead atoms. The molecule has 0 aromatic carbocycles. The molecule has 1 unspecified atom stereocenters. The molecule has 2 aliphatic carbocycles. The summed E-state index contributed by atoms with van der Waals surface area (Å²) >= 11 is 0. The number of likely N-dealkylation sites (N-methyl/N-ethyl adjacent to an activating group) is 1. The van der Waals surface area contributed by atoms with Crippen molar-refractivity contribution in [1.29, 1.82) is 0 Å². The van der Waals surface area contributed by atoms with Gasteiger partial charge in [-0.15, -0.1) is 0 Å². The predicted octanol–water partition coefficient (Wildman–Crippen LogP) is 2.64. The lowest BCUT2D eigenvalue weighted by Gasteiger charge is -2.31. The summed E-state index contributed by atoms with van der Waals surface area (Å²) in [5, 5.41) is 3.67. The molecule has 0 heterocycles. The van der Waals surface area contributed by atoms with Crippen molar-refractivity contribution < 1.29 is 0 Å². The average molecular weight is 224 g/mol. The highest BCUT2D eigenvalue weighted by molar-refractivity contribution is 4.83. The van der Waals surface area contributed by atoms with Crippen LogP contribution in [0.25, 0.3) is 0 Å². The summed E-state index contributed by atoms with van der Waals surface area (Å²) in [6.07, 6.45) is 10.1. The third kappa shape index (κ3) is 3.74. The van der Waals surface area contributed by atoms with E-state index in [2.05, 4.69) is 24.2 Å². The van der Waals surface area contributed by atoms with Crippen LogP contribution in [0.15, 0.2) is 0 Å². The summed E-state index contributed by atoms with van der Waals surface area (Å²) in [7, 11) is 2.31. The van der Waals surface area contributed by atoms with E-state index in [1.807, 2.05) is 0 Å². The molecule has 0 spiro atoms. The van der Waals surface area contributed by atoms with Gasteiger partial charge in [0.15, 0.2) is 0 Å². The Morgan fingerprint density at radius 3 is 2.44 bits per heavy atom. The Kier molecular flexibility index (Phi) is 4.66. The molecule has 2 heteroatoms. The third-order valence-electron chi connectivity index (χ3n) is 4.46. The lowest BCUT2D eigenvalue weighted by Crippen LogP contribution is -2.40. The Hall–Kier alpha value is -0.0800. The monoisotopic (exact) mass is 224 g/mol. The van der Waals surface area contributed by atoms with Gasteiger partial charge in [-0.05, 0) is 45.6 Å². The van der Waals surface area contributed by atoms with E-state index in [-0.39, 0.29) is 0 Å². The molecule has 94 valence electrons. The van der Waals surface area contributed by atoms with Gasteiger partial charge in [0.1, 0.15) is 0 Å². The molecular weight excluding hydrogens is 196 g/mol. The smallest absolute Gasteiger partial charge is 0.0107 e. The maximum absolute atomic E-state index is 3.67. The van der Waals surface area contributed by atoms with Gasteiger partial charge in [-0.3, -0.25) is 0 Å². The number of nitrogens with zero attached hydrogens (tertiary/aromatic N) is 1. The molecule has 2 rings (SSSR count). The van der Waals surface area contributed by atoms with E-state index in [0.717, 1.165) is 18.0 Å². The summed E-state index contributed by atoms with van der Waals surface area (Å²) in [6, 6.07) is 1.62. The van der Waals surface area contributed by atoms with Gasteiger partial charge in [0.25, 0.3) is 0 Å². The summed E-state index contributed by atoms with van der Waals surface area (Å²) < 4.78 is 0. The zero-order valence-corrected chi connectivity index (χ0v) is 11.0. The highest BCUT2D eigenvalue weighted by Gasteiger charge is 2.27. The van der Waals surface area contributed by atoms with Gasteiger partial charge >= 0.3 is 0 Å². The van der Waals surface area contributed by atoms with E-state index in [0.29, 0.717) is 0 Å². The molecule has 0 aromatic heterocycles. The van der Waals surface area contributed by atoms with E-state index < -0.39 is 0 Å². The molecule has 0 aromatic rings. The Bertz CT molecular complexity index is 195. The van der Waals surface area contributed by atoms with Crippen LogP contribution in [-0.2, 0) is 0 Å². The van der Waals surface area contributed by atoms with Crippen LogP contribution < -0.4 is 5.32 Å². The standard InChI is InChI=1S/C14H28N2/c1-12(13-8-9-13)15-10-11-16(2)14-6-4-3-5-7-14/h12-15H,3-11H2,1-2H3. The zero-order valence-electron chi connectivity index (χ0n) is 11.0. The lowest BCUT2D eigenvalue weighted by molar-refractivity contribution is 0.190.